The van der Waals surface area contributed by atoms with Crippen LogP contribution in [0.5, 0.6) is 0 Å². The molecule has 0 aliphatic carbocycles. The van der Waals surface area contributed by atoms with Gasteiger partial charge in [-0.15, -0.1) is 11.3 Å². The Morgan fingerprint density at radius 3 is 2.85 bits per heavy atom. The van der Waals surface area contributed by atoms with E-state index in [4.69, 9.17) is 9.40 Å². The number of nitrogens with one attached hydrogen (secondary N) is 1. The maximum absolute atomic E-state index is 12.2. The molecule has 0 aliphatic rings. The highest BCUT2D eigenvalue weighted by Crippen LogP contribution is 2.35. The summed E-state index contributed by atoms with van der Waals surface area (Å²) in [5.41, 5.74) is 4.27. The molecule has 0 spiro atoms. The number of thiophene rings is 1. The molecular weight excluding hydrogens is 348 g/mol. The first-order valence-electron chi connectivity index (χ1n) is 7.99. The SMILES string of the molecule is Cc1ccc(-c2nc3[nH]ccc(=O)c3nc2-c2ccc3ncoc3c2)s1. The number of fused-ring (bicyclic) bond motifs is 2. The number of rotatable bonds is 2. The Labute approximate surface area is 151 Å². The van der Waals surface area contributed by atoms with Crippen LogP contribution >= 0.6 is 11.3 Å². The van der Waals surface area contributed by atoms with E-state index in [1.54, 1.807) is 17.5 Å². The van der Waals surface area contributed by atoms with Crippen LogP contribution in [0.1, 0.15) is 4.88 Å². The van der Waals surface area contributed by atoms with Crippen LogP contribution in [0.2, 0.25) is 0 Å². The molecule has 26 heavy (non-hydrogen) atoms. The zero-order chi connectivity index (χ0) is 17.7. The van der Waals surface area contributed by atoms with E-state index in [0.29, 0.717) is 22.4 Å². The van der Waals surface area contributed by atoms with E-state index in [2.05, 4.69) is 15.0 Å². The molecule has 0 aliphatic heterocycles. The average Bonchev–Trinajstić information content (AvgIpc) is 3.29. The number of aromatic nitrogens is 4. The summed E-state index contributed by atoms with van der Waals surface area (Å²) in [6, 6.07) is 11.2. The lowest BCUT2D eigenvalue weighted by atomic mass is 10.1. The van der Waals surface area contributed by atoms with Gasteiger partial charge in [-0.2, -0.15) is 0 Å². The van der Waals surface area contributed by atoms with Gasteiger partial charge in [-0.1, -0.05) is 6.07 Å². The van der Waals surface area contributed by atoms with Crippen molar-refractivity contribution in [2.45, 2.75) is 6.92 Å². The highest BCUT2D eigenvalue weighted by Gasteiger charge is 2.17. The molecule has 1 aromatic carbocycles. The van der Waals surface area contributed by atoms with Crippen LogP contribution in [0.15, 0.2) is 58.2 Å². The number of nitrogens with zero attached hydrogens (tertiary/aromatic N) is 3. The van der Waals surface area contributed by atoms with Gasteiger partial charge in [0.05, 0.1) is 10.6 Å². The Hall–Kier alpha value is -3.32. The van der Waals surface area contributed by atoms with Crippen molar-refractivity contribution in [3.8, 4) is 21.8 Å². The Bertz CT molecular complexity index is 1330. The minimum Gasteiger partial charge on any atom is -0.443 e. The van der Waals surface area contributed by atoms with Gasteiger partial charge in [0, 0.05) is 22.7 Å². The molecule has 0 saturated heterocycles. The minimum absolute atomic E-state index is 0.165. The molecule has 7 heteroatoms. The molecule has 0 unspecified atom stereocenters. The van der Waals surface area contributed by atoms with Crippen LogP contribution in [0.4, 0.5) is 0 Å². The van der Waals surface area contributed by atoms with Crippen molar-refractivity contribution in [1.82, 2.24) is 19.9 Å². The zero-order valence-corrected chi connectivity index (χ0v) is 14.5. The summed E-state index contributed by atoms with van der Waals surface area (Å²) < 4.78 is 5.42. The van der Waals surface area contributed by atoms with Crippen molar-refractivity contribution in [2.24, 2.45) is 0 Å². The second kappa shape index (κ2) is 5.60. The van der Waals surface area contributed by atoms with Gasteiger partial charge >= 0.3 is 0 Å². The fourth-order valence-corrected chi connectivity index (χ4v) is 3.78. The number of benzene rings is 1. The smallest absolute Gasteiger partial charge is 0.209 e. The van der Waals surface area contributed by atoms with Crippen molar-refractivity contribution in [2.75, 3.05) is 0 Å². The summed E-state index contributed by atoms with van der Waals surface area (Å²) in [6.45, 7) is 2.05. The van der Waals surface area contributed by atoms with E-state index < -0.39 is 0 Å². The summed E-state index contributed by atoms with van der Waals surface area (Å²) in [4.78, 5) is 30.9. The number of pyridine rings is 1. The number of hydrogen-bond donors (Lipinski definition) is 1. The molecule has 0 fully saturated rings. The van der Waals surface area contributed by atoms with Gasteiger partial charge in [-0.3, -0.25) is 4.79 Å². The molecule has 4 aromatic heterocycles. The predicted molar refractivity (Wildman–Crippen MR) is 101 cm³/mol. The van der Waals surface area contributed by atoms with E-state index in [9.17, 15) is 4.79 Å². The van der Waals surface area contributed by atoms with Gasteiger partial charge in [0.2, 0.25) is 5.43 Å². The summed E-state index contributed by atoms with van der Waals surface area (Å²) in [6.07, 6.45) is 3.00. The van der Waals surface area contributed by atoms with Crippen molar-refractivity contribution in [3.05, 3.63) is 64.1 Å². The third-order valence-electron chi connectivity index (χ3n) is 4.16. The lowest BCUT2D eigenvalue weighted by Gasteiger charge is -2.08. The summed E-state index contributed by atoms with van der Waals surface area (Å²) >= 11 is 1.64. The third-order valence-corrected chi connectivity index (χ3v) is 5.17. The van der Waals surface area contributed by atoms with Crippen LogP contribution in [-0.4, -0.2) is 19.9 Å². The van der Waals surface area contributed by atoms with Crippen LogP contribution in [0.3, 0.4) is 0 Å². The first kappa shape index (κ1) is 15.0. The lowest BCUT2D eigenvalue weighted by Crippen LogP contribution is -2.06. The highest BCUT2D eigenvalue weighted by atomic mass is 32.1. The fraction of sp³-hybridized carbons (Fsp3) is 0.0526. The van der Waals surface area contributed by atoms with E-state index in [1.807, 2.05) is 37.3 Å². The fourth-order valence-electron chi connectivity index (χ4n) is 2.92. The molecule has 5 aromatic rings. The number of oxazole rings is 1. The van der Waals surface area contributed by atoms with E-state index in [1.165, 1.54) is 17.3 Å². The largest absolute Gasteiger partial charge is 0.443 e. The van der Waals surface area contributed by atoms with Gasteiger partial charge in [0.25, 0.3) is 0 Å². The Kier molecular flexibility index (Phi) is 3.23. The summed E-state index contributed by atoms with van der Waals surface area (Å²) in [5, 5.41) is 0. The number of hydrogen-bond acceptors (Lipinski definition) is 6. The predicted octanol–water partition coefficient (Wildman–Crippen LogP) is 4.16. The maximum atomic E-state index is 12.2. The topological polar surface area (TPSA) is 84.7 Å². The van der Waals surface area contributed by atoms with Gasteiger partial charge in [-0.05, 0) is 31.2 Å². The van der Waals surface area contributed by atoms with E-state index >= 15 is 0 Å². The Balaban J connectivity index is 1.86. The molecule has 0 saturated carbocycles. The maximum Gasteiger partial charge on any atom is 0.209 e. The van der Waals surface area contributed by atoms with Gasteiger partial charge < -0.3 is 9.40 Å². The first-order valence-corrected chi connectivity index (χ1v) is 8.80. The summed E-state index contributed by atoms with van der Waals surface area (Å²) in [5.74, 6) is 0. The molecular formula is C19H12N4O2S. The number of H-pyrrole nitrogens is 1. The molecule has 1 N–H and O–H groups in total. The van der Waals surface area contributed by atoms with Crippen LogP contribution in [0, 0.1) is 6.92 Å². The molecule has 4 heterocycles. The van der Waals surface area contributed by atoms with Crippen molar-refractivity contribution in [3.63, 3.8) is 0 Å². The molecule has 6 nitrogen and oxygen atoms in total. The second-order valence-electron chi connectivity index (χ2n) is 5.91. The Morgan fingerprint density at radius 2 is 2.00 bits per heavy atom. The van der Waals surface area contributed by atoms with Gasteiger partial charge in [-0.25, -0.2) is 15.0 Å². The second-order valence-corrected chi connectivity index (χ2v) is 7.19. The Morgan fingerprint density at radius 1 is 1.08 bits per heavy atom. The molecule has 126 valence electrons. The van der Waals surface area contributed by atoms with Crippen molar-refractivity contribution >= 4 is 33.6 Å². The minimum atomic E-state index is -0.165. The monoisotopic (exact) mass is 360 g/mol. The molecule has 0 amide bonds. The standard InChI is InChI=1S/C19H12N4O2S/c1-10-2-5-15(26-10)18-16(11-3-4-12-14(8-11)25-9-21-12)22-17-13(24)6-7-20-19(17)23-18/h2-9H,1H3,(H,20,23,24). The average molecular weight is 360 g/mol. The van der Waals surface area contributed by atoms with Gasteiger partial charge in [0.15, 0.2) is 23.1 Å². The quantitative estimate of drug-likeness (QED) is 0.511. The molecule has 0 bridgehead atoms. The molecule has 0 atom stereocenters. The highest BCUT2D eigenvalue weighted by molar-refractivity contribution is 7.15. The first-order chi connectivity index (χ1) is 12.7. The molecule has 5 rings (SSSR count). The number of aromatic amines is 1. The molecule has 0 radical (unpaired) electrons. The van der Waals surface area contributed by atoms with Crippen LogP contribution in [-0.2, 0) is 0 Å². The number of aryl methyl sites for hydroxylation is 1. The van der Waals surface area contributed by atoms with Crippen LogP contribution < -0.4 is 5.43 Å². The zero-order valence-electron chi connectivity index (χ0n) is 13.7. The van der Waals surface area contributed by atoms with E-state index in [-0.39, 0.29) is 5.43 Å². The van der Waals surface area contributed by atoms with Crippen molar-refractivity contribution in [1.29, 1.82) is 0 Å². The van der Waals surface area contributed by atoms with E-state index in [0.717, 1.165) is 21.7 Å². The van der Waals surface area contributed by atoms with Gasteiger partial charge in [0.1, 0.15) is 11.2 Å². The third kappa shape index (κ3) is 2.33. The van der Waals surface area contributed by atoms with Crippen LogP contribution in [0.25, 0.3) is 44.1 Å². The normalized spacial score (nSPS) is 11.4. The summed E-state index contributed by atoms with van der Waals surface area (Å²) in [7, 11) is 0. The lowest BCUT2D eigenvalue weighted by molar-refractivity contribution is 0.602. The van der Waals surface area contributed by atoms with Crippen molar-refractivity contribution < 1.29 is 4.42 Å².